The summed E-state index contributed by atoms with van der Waals surface area (Å²) in [7, 11) is 0. The van der Waals surface area contributed by atoms with Crippen LogP contribution < -0.4 is 20.1 Å². The Morgan fingerprint density at radius 2 is 1.67 bits per heavy atom. The van der Waals surface area contributed by atoms with Crippen LogP contribution in [0.1, 0.15) is 12.5 Å². The number of fused-ring (bicyclic) bond motifs is 1. The van der Waals surface area contributed by atoms with Gasteiger partial charge in [-0.25, -0.2) is 0 Å². The average Bonchev–Trinajstić information content (AvgIpc) is 3.24. The van der Waals surface area contributed by atoms with Crippen molar-refractivity contribution in [1.82, 2.24) is 4.90 Å². The molecule has 1 heterocycles. The predicted molar refractivity (Wildman–Crippen MR) is 168 cm³/mol. The van der Waals surface area contributed by atoms with E-state index < -0.39 is 23.6 Å². The Bertz CT molecular complexity index is 1750. The SMILES string of the molecule is CCOc1cc(/C=C2/SC(=O)N(CC(=O)Nc3cccc4ccccc34)C2=O)ccc1OCC(=O)Nc1cccc(Cl)c1. The van der Waals surface area contributed by atoms with E-state index in [9.17, 15) is 19.2 Å². The fraction of sp³-hybridized carbons (Fsp3) is 0.125. The van der Waals surface area contributed by atoms with Gasteiger partial charge < -0.3 is 20.1 Å². The van der Waals surface area contributed by atoms with E-state index in [4.69, 9.17) is 21.1 Å². The van der Waals surface area contributed by atoms with Crippen molar-refractivity contribution in [3.8, 4) is 11.5 Å². The summed E-state index contributed by atoms with van der Waals surface area (Å²) in [5.74, 6) is -0.746. The highest BCUT2D eigenvalue weighted by Gasteiger charge is 2.36. The van der Waals surface area contributed by atoms with Crippen molar-refractivity contribution in [2.24, 2.45) is 0 Å². The van der Waals surface area contributed by atoms with E-state index in [1.807, 2.05) is 36.4 Å². The maximum Gasteiger partial charge on any atom is 0.294 e. The second kappa shape index (κ2) is 13.5. The molecule has 1 aliphatic heterocycles. The van der Waals surface area contributed by atoms with Gasteiger partial charge >= 0.3 is 0 Å². The van der Waals surface area contributed by atoms with E-state index in [0.717, 1.165) is 27.4 Å². The molecule has 0 aliphatic carbocycles. The zero-order valence-corrected chi connectivity index (χ0v) is 24.5. The number of benzene rings is 4. The summed E-state index contributed by atoms with van der Waals surface area (Å²) in [5, 5.41) is 7.27. The Labute approximate surface area is 256 Å². The third kappa shape index (κ3) is 7.35. The lowest BCUT2D eigenvalue weighted by Crippen LogP contribution is -2.36. The van der Waals surface area contributed by atoms with Crippen molar-refractivity contribution < 1.29 is 28.7 Å². The summed E-state index contributed by atoms with van der Waals surface area (Å²) in [6.07, 6.45) is 1.55. The summed E-state index contributed by atoms with van der Waals surface area (Å²) >= 11 is 6.71. The summed E-state index contributed by atoms with van der Waals surface area (Å²) in [4.78, 5) is 52.0. The molecule has 0 bridgehead atoms. The van der Waals surface area contributed by atoms with Gasteiger partial charge in [-0.05, 0) is 72.1 Å². The van der Waals surface area contributed by atoms with Gasteiger partial charge in [-0.15, -0.1) is 0 Å². The quantitative estimate of drug-likeness (QED) is 0.194. The Balaban J connectivity index is 1.24. The predicted octanol–water partition coefficient (Wildman–Crippen LogP) is 6.58. The number of rotatable bonds is 10. The minimum absolute atomic E-state index is 0.167. The van der Waals surface area contributed by atoms with Crippen LogP contribution in [-0.2, 0) is 14.4 Å². The third-order valence-corrected chi connectivity index (χ3v) is 7.41. The van der Waals surface area contributed by atoms with Crippen molar-refractivity contribution in [3.63, 3.8) is 0 Å². The van der Waals surface area contributed by atoms with E-state index in [-0.39, 0.29) is 17.4 Å². The minimum Gasteiger partial charge on any atom is -0.490 e. The van der Waals surface area contributed by atoms with Crippen LogP contribution in [0.3, 0.4) is 0 Å². The van der Waals surface area contributed by atoms with Crippen molar-refractivity contribution in [1.29, 1.82) is 0 Å². The first-order valence-electron chi connectivity index (χ1n) is 13.3. The van der Waals surface area contributed by atoms with Gasteiger partial charge in [0, 0.05) is 21.8 Å². The molecule has 0 unspecified atom stereocenters. The summed E-state index contributed by atoms with van der Waals surface area (Å²) in [6, 6.07) is 24.8. The van der Waals surface area contributed by atoms with Crippen LogP contribution in [0, 0.1) is 0 Å². The first-order valence-corrected chi connectivity index (χ1v) is 14.5. The van der Waals surface area contributed by atoms with Crippen LogP contribution in [0.2, 0.25) is 5.02 Å². The molecule has 4 aromatic carbocycles. The fourth-order valence-electron chi connectivity index (χ4n) is 4.36. The van der Waals surface area contributed by atoms with Gasteiger partial charge in [0.15, 0.2) is 18.1 Å². The van der Waals surface area contributed by atoms with E-state index in [1.54, 1.807) is 61.5 Å². The van der Waals surface area contributed by atoms with E-state index in [0.29, 0.717) is 40.1 Å². The highest BCUT2D eigenvalue weighted by Crippen LogP contribution is 2.35. The van der Waals surface area contributed by atoms with Crippen molar-refractivity contribution >= 4 is 74.5 Å². The van der Waals surface area contributed by atoms with E-state index in [1.165, 1.54) is 0 Å². The molecule has 1 aliphatic rings. The molecule has 2 N–H and O–H groups in total. The Morgan fingerprint density at radius 3 is 2.49 bits per heavy atom. The standard InChI is InChI=1S/C32H26ClN3O6S/c1-2-41-27-15-20(13-14-26(27)42-19-30(38)34-23-10-6-9-22(33)17-23)16-28-31(39)36(32(40)43-28)18-29(37)35-25-12-5-8-21-7-3-4-11-24(21)25/h3-17H,2,18-19H2,1H3,(H,34,38)(H,35,37)/b28-16+. The molecule has 0 aromatic heterocycles. The van der Waals surface area contributed by atoms with Crippen LogP contribution in [0.25, 0.3) is 16.8 Å². The smallest absolute Gasteiger partial charge is 0.294 e. The number of hydrogen-bond donors (Lipinski definition) is 2. The second-order valence-corrected chi connectivity index (χ2v) is 10.8. The van der Waals surface area contributed by atoms with Crippen LogP contribution in [0.15, 0.2) is 89.8 Å². The van der Waals surface area contributed by atoms with Crippen molar-refractivity contribution in [2.45, 2.75) is 6.92 Å². The highest BCUT2D eigenvalue weighted by molar-refractivity contribution is 8.18. The molecule has 4 amide bonds. The fourth-order valence-corrected chi connectivity index (χ4v) is 5.39. The molecule has 218 valence electrons. The van der Waals surface area contributed by atoms with Crippen LogP contribution in [-0.4, -0.2) is 47.6 Å². The number of carbonyl (C=O) groups is 4. The van der Waals surface area contributed by atoms with Gasteiger partial charge in [0.1, 0.15) is 6.54 Å². The first kappa shape index (κ1) is 29.7. The van der Waals surface area contributed by atoms with Crippen LogP contribution in [0.5, 0.6) is 11.5 Å². The van der Waals surface area contributed by atoms with Crippen molar-refractivity contribution in [2.75, 3.05) is 30.4 Å². The molecule has 5 rings (SSSR count). The molecule has 9 nitrogen and oxygen atoms in total. The molecule has 0 atom stereocenters. The third-order valence-electron chi connectivity index (χ3n) is 6.27. The van der Waals surface area contributed by atoms with E-state index >= 15 is 0 Å². The molecular formula is C32H26ClN3O6S. The highest BCUT2D eigenvalue weighted by atomic mass is 35.5. The topological polar surface area (TPSA) is 114 Å². The molecule has 1 fully saturated rings. The first-order chi connectivity index (χ1) is 20.8. The molecule has 11 heteroatoms. The molecule has 43 heavy (non-hydrogen) atoms. The maximum atomic E-state index is 13.1. The number of nitrogens with one attached hydrogen (secondary N) is 2. The molecule has 1 saturated heterocycles. The zero-order chi connectivity index (χ0) is 30.3. The number of halogens is 1. The Morgan fingerprint density at radius 1 is 0.884 bits per heavy atom. The largest absolute Gasteiger partial charge is 0.490 e. The number of thioether (sulfide) groups is 1. The van der Waals surface area contributed by atoms with Gasteiger partial charge in [-0.3, -0.25) is 24.1 Å². The van der Waals surface area contributed by atoms with Gasteiger partial charge in [0.05, 0.1) is 11.5 Å². The molecule has 0 spiro atoms. The Kier molecular flexibility index (Phi) is 9.29. The number of imide groups is 1. The summed E-state index contributed by atoms with van der Waals surface area (Å²) in [5.41, 5.74) is 1.71. The molecule has 0 saturated carbocycles. The van der Waals surface area contributed by atoms with Gasteiger partial charge in [0.25, 0.3) is 17.1 Å². The second-order valence-electron chi connectivity index (χ2n) is 9.33. The van der Waals surface area contributed by atoms with Gasteiger partial charge in [-0.1, -0.05) is 60.1 Å². The van der Waals surface area contributed by atoms with Crippen LogP contribution >= 0.6 is 23.4 Å². The molecular weight excluding hydrogens is 590 g/mol. The molecule has 0 radical (unpaired) electrons. The number of anilines is 2. The zero-order valence-electron chi connectivity index (χ0n) is 23.0. The van der Waals surface area contributed by atoms with Gasteiger partial charge in [0.2, 0.25) is 5.91 Å². The number of hydrogen-bond acceptors (Lipinski definition) is 7. The van der Waals surface area contributed by atoms with Crippen molar-refractivity contribution in [3.05, 3.63) is 100 Å². The lowest BCUT2D eigenvalue weighted by atomic mass is 10.1. The van der Waals surface area contributed by atoms with Gasteiger partial charge in [-0.2, -0.15) is 0 Å². The lowest BCUT2D eigenvalue weighted by Gasteiger charge is -2.14. The molecule has 4 aromatic rings. The Hall–Kier alpha value is -4.80. The number of carbonyl (C=O) groups excluding carboxylic acids is 4. The number of amides is 4. The van der Waals surface area contributed by atoms with E-state index in [2.05, 4.69) is 10.6 Å². The average molecular weight is 616 g/mol. The number of ether oxygens (including phenoxy) is 2. The summed E-state index contributed by atoms with van der Waals surface area (Å²) < 4.78 is 11.4. The monoisotopic (exact) mass is 615 g/mol. The summed E-state index contributed by atoms with van der Waals surface area (Å²) in [6.45, 7) is 1.44. The maximum absolute atomic E-state index is 13.1. The number of nitrogens with zero attached hydrogens (tertiary/aromatic N) is 1. The van der Waals surface area contributed by atoms with Crippen LogP contribution in [0.4, 0.5) is 16.2 Å². The minimum atomic E-state index is -0.570. The normalized spacial score (nSPS) is 13.8. The lowest BCUT2D eigenvalue weighted by molar-refractivity contribution is -0.127.